The Balaban J connectivity index is 1.73. The molecule has 5 heteroatoms. The molecule has 0 radical (unpaired) electrons. The first-order valence-electron chi connectivity index (χ1n) is 6.48. The monoisotopic (exact) mass is 239 g/mol. The van der Waals surface area contributed by atoms with Crippen LogP contribution in [0.25, 0.3) is 0 Å². The molecule has 1 atom stereocenters. The summed E-state index contributed by atoms with van der Waals surface area (Å²) in [5.41, 5.74) is 0. The van der Waals surface area contributed by atoms with E-state index in [0.717, 1.165) is 38.8 Å². The zero-order valence-corrected chi connectivity index (χ0v) is 10.3. The van der Waals surface area contributed by atoms with Gasteiger partial charge in [0.25, 0.3) is 0 Å². The lowest BCUT2D eigenvalue weighted by atomic mass is 9.97. The molecule has 0 bridgehead atoms. The molecule has 2 rings (SSSR count). The Labute approximate surface area is 102 Å². The summed E-state index contributed by atoms with van der Waals surface area (Å²) in [5, 5.41) is 8.92. The highest BCUT2D eigenvalue weighted by Crippen LogP contribution is 2.18. The van der Waals surface area contributed by atoms with Gasteiger partial charge in [-0.2, -0.15) is 0 Å². The van der Waals surface area contributed by atoms with Crippen molar-refractivity contribution in [2.45, 2.75) is 44.7 Å². The van der Waals surface area contributed by atoms with E-state index in [-0.39, 0.29) is 17.7 Å². The van der Waals surface area contributed by atoms with Crippen molar-refractivity contribution >= 4 is 11.8 Å². The van der Waals surface area contributed by atoms with Crippen LogP contribution in [0.1, 0.15) is 32.6 Å². The van der Waals surface area contributed by atoms with E-state index >= 15 is 0 Å². The van der Waals surface area contributed by atoms with Gasteiger partial charge in [-0.1, -0.05) is 0 Å². The van der Waals surface area contributed by atoms with Gasteiger partial charge in [-0.15, -0.1) is 0 Å². The van der Waals surface area contributed by atoms with Crippen LogP contribution in [0.4, 0.5) is 0 Å². The zero-order chi connectivity index (χ0) is 12.3. The first-order valence-corrected chi connectivity index (χ1v) is 6.48. The van der Waals surface area contributed by atoms with E-state index in [4.69, 9.17) is 0 Å². The van der Waals surface area contributed by atoms with E-state index in [1.165, 1.54) is 0 Å². The molecule has 1 saturated heterocycles. The highest BCUT2D eigenvalue weighted by atomic mass is 16.2. The summed E-state index contributed by atoms with van der Waals surface area (Å²) >= 11 is 0. The van der Waals surface area contributed by atoms with Gasteiger partial charge < -0.3 is 16.0 Å². The van der Waals surface area contributed by atoms with Gasteiger partial charge in [-0.05, 0) is 45.7 Å². The lowest BCUT2D eigenvalue weighted by molar-refractivity contribution is -0.131. The first kappa shape index (κ1) is 12.4. The highest BCUT2D eigenvalue weighted by molar-refractivity contribution is 5.88. The number of amides is 2. The molecule has 0 aromatic rings. The van der Waals surface area contributed by atoms with Crippen LogP contribution in [-0.2, 0) is 9.59 Å². The predicted molar refractivity (Wildman–Crippen MR) is 64.4 cm³/mol. The summed E-state index contributed by atoms with van der Waals surface area (Å²) in [6.07, 6.45) is 3.87. The van der Waals surface area contributed by atoms with Gasteiger partial charge in [-0.25, -0.2) is 0 Å². The number of piperidine rings is 1. The maximum absolute atomic E-state index is 11.9. The molecule has 1 aliphatic heterocycles. The van der Waals surface area contributed by atoms with Crippen molar-refractivity contribution in [3.63, 3.8) is 0 Å². The molecule has 0 aromatic carbocycles. The fourth-order valence-electron chi connectivity index (χ4n) is 2.03. The van der Waals surface area contributed by atoms with Gasteiger partial charge in [0.05, 0.1) is 0 Å². The SMILES string of the molecule is CC(NC(=O)C1CCNCC1)C(=O)NC1CC1. The summed E-state index contributed by atoms with van der Waals surface area (Å²) in [5.74, 6) is 0.0205. The van der Waals surface area contributed by atoms with E-state index in [9.17, 15) is 9.59 Å². The number of carbonyl (C=O) groups is 2. The van der Waals surface area contributed by atoms with Gasteiger partial charge in [0.2, 0.25) is 11.8 Å². The summed E-state index contributed by atoms with van der Waals surface area (Å²) in [4.78, 5) is 23.6. The Kier molecular flexibility index (Phi) is 3.99. The summed E-state index contributed by atoms with van der Waals surface area (Å²) in [7, 11) is 0. The molecule has 5 nitrogen and oxygen atoms in total. The van der Waals surface area contributed by atoms with Crippen molar-refractivity contribution in [3.05, 3.63) is 0 Å². The predicted octanol–water partition coefficient (Wildman–Crippen LogP) is -0.231. The highest BCUT2D eigenvalue weighted by Gasteiger charge is 2.28. The summed E-state index contributed by atoms with van der Waals surface area (Å²) < 4.78 is 0. The van der Waals surface area contributed by atoms with E-state index < -0.39 is 6.04 Å². The minimum Gasteiger partial charge on any atom is -0.352 e. The van der Waals surface area contributed by atoms with Crippen LogP contribution in [-0.4, -0.2) is 37.0 Å². The van der Waals surface area contributed by atoms with E-state index in [2.05, 4.69) is 16.0 Å². The zero-order valence-electron chi connectivity index (χ0n) is 10.3. The Bertz CT molecular complexity index is 296. The van der Waals surface area contributed by atoms with Crippen LogP contribution in [0.15, 0.2) is 0 Å². The molecule has 1 saturated carbocycles. The Morgan fingerprint density at radius 2 is 1.82 bits per heavy atom. The van der Waals surface area contributed by atoms with E-state index in [1.807, 2.05) is 0 Å². The molecule has 0 aromatic heterocycles. The second-order valence-electron chi connectivity index (χ2n) is 5.04. The molecule has 96 valence electrons. The van der Waals surface area contributed by atoms with Crippen molar-refractivity contribution in [2.75, 3.05) is 13.1 Å². The smallest absolute Gasteiger partial charge is 0.242 e. The second kappa shape index (κ2) is 5.49. The summed E-state index contributed by atoms with van der Waals surface area (Å²) in [6, 6.07) is -0.0706. The lowest BCUT2D eigenvalue weighted by Crippen LogP contribution is -2.48. The Hall–Kier alpha value is -1.10. The Morgan fingerprint density at radius 1 is 1.18 bits per heavy atom. The molecule has 2 fully saturated rings. The van der Waals surface area contributed by atoms with Crippen LogP contribution in [0, 0.1) is 5.92 Å². The van der Waals surface area contributed by atoms with E-state index in [1.54, 1.807) is 6.92 Å². The van der Waals surface area contributed by atoms with Crippen molar-refractivity contribution in [1.82, 2.24) is 16.0 Å². The van der Waals surface area contributed by atoms with Crippen LogP contribution >= 0.6 is 0 Å². The third-order valence-corrected chi connectivity index (χ3v) is 3.39. The van der Waals surface area contributed by atoms with Crippen LogP contribution in [0.5, 0.6) is 0 Å². The topological polar surface area (TPSA) is 70.2 Å². The van der Waals surface area contributed by atoms with Gasteiger partial charge in [0.1, 0.15) is 6.04 Å². The average Bonchev–Trinajstić information content (AvgIpc) is 3.14. The molecule has 1 unspecified atom stereocenters. The first-order chi connectivity index (χ1) is 8.16. The fourth-order valence-corrected chi connectivity index (χ4v) is 2.03. The average molecular weight is 239 g/mol. The van der Waals surface area contributed by atoms with Crippen molar-refractivity contribution in [3.8, 4) is 0 Å². The quantitative estimate of drug-likeness (QED) is 0.634. The second-order valence-corrected chi connectivity index (χ2v) is 5.04. The summed E-state index contributed by atoms with van der Waals surface area (Å²) in [6.45, 7) is 3.53. The maximum Gasteiger partial charge on any atom is 0.242 e. The van der Waals surface area contributed by atoms with Crippen LogP contribution in [0.2, 0.25) is 0 Å². The van der Waals surface area contributed by atoms with Crippen LogP contribution in [0.3, 0.4) is 0 Å². The maximum atomic E-state index is 11.9. The normalized spacial score (nSPS) is 22.9. The van der Waals surface area contributed by atoms with Gasteiger partial charge in [0, 0.05) is 12.0 Å². The number of rotatable bonds is 4. The van der Waals surface area contributed by atoms with Gasteiger partial charge in [0.15, 0.2) is 0 Å². The largest absolute Gasteiger partial charge is 0.352 e. The number of hydrogen-bond donors (Lipinski definition) is 3. The van der Waals surface area contributed by atoms with E-state index in [0.29, 0.717) is 6.04 Å². The number of carbonyl (C=O) groups excluding carboxylic acids is 2. The Morgan fingerprint density at radius 3 is 2.41 bits per heavy atom. The molecular weight excluding hydrogens is 218 g/mol. The fraction of sp³-hybridized carbons (Fsp3) is 0.833. The van der Waals surface area contributed by atoms with Gasteiger partial charge >= 0.3 is 0 Å². The molecule has 2 aliphatic rings. The van der Waals surface area contributed by atoms with Crippen molar-refractivity contribution in [2.24, 2.45) is 5.92 Å². The minimum atomic E-state index is -0.419. The van der Waals surface area contributed by atoms with Gasteiger partial charge in [-0.3, -0.25) is 9.59 Å². The molecule has 0 spiro atoms. The molecule has 3 N–H and O–H groups in total. The van der Waals surface area contributed by atoms with Crippen molar-refractivity contribution in [1.29, 1.82) is 0 Å². The van der Waals surface area contributed by atoms with Crippen molar-refractivity contribution < 1.29 is 9.59 Å². The molecule has 2 amide bonds. The molecule has 17 heavy (non-hydrogen) atoms. The standard InChI is InChI=1S/C12H21N3O2/c1-8(11(16)15-10-2-3-10)14-12(17)9-4-6-13-7-5-9/h8-10,13H,2-7H2,1H3,(H,14,17)(H,15,16). The lowest BCUT2D eigenvalue weighted by Gasteiger charge is -2.23. The number of nitrogens with one attached hydrogen (secondary N) is 3. The number of hydrogen-bond acceptors (Lipinski definition) is 3. The molecule has 1 heterocycles. The molecule has 1 aliphatic carbocycles. The third kappa shape index (κ3) is 3.70. The molecular formula is C12H21N3O2. The van der Waals surface area contributed by atoms with Crippen LogP contribution < -0.4 is 16.0 Å². The minimum absolute atomic E-state index is 0.0185. The third-order valence-electron chi connectivity index (χ3n) is 3.39.